The maximum atomic E-state index is 12.5. The zero-order chi connectivity index (χ0) is 20.8. The molecule has 2 aromatic rings. The molecule has 7 nitrogen and oxygen atoms in total. The molecule has 2 amide bonds. The van der Waals surface area contributed by atoms with Gasteiger partial charge in [0.25, 0.3) is 0 Å². The van der Waals surface area contributed by atoms with Crippen LogP contribution in [0.25, 0.3) is 0 Å². The van der Waals surface area contributed by atoms with E-state index in [-0.39, 0.29) is 43.4 Å². The predicted molar refractivity (Wildman–Crippen MR) is 121 cm³/mol. The van der Waals surface area contributed by atoms with Crippen LogP contribution in [0.3, 0.4) is 0 Å². The van der Waals surface area contributed by atoms with E-state index < -0.39 is 0 Å². The summed E-state index contributed by atoms with van der Waals surface area (Å²) < 4.78 is 0. The molecule has 2 heterocycles. The van der Waals surface area contributed by atoms with Crippen LogP contribution in [0.1, 0.15) is 28.3 Å². The highest BCUT2D eigenvalue weighted by Gasteiger charge is 2.25. The van der Waals surface area contributed by atoms with E-state index in [1.165, 1.54) is 0 Å². The van der Waals surface area contributed by atoms with Crippen molar-refractivity contribution in [2.75, 3.05) is 38.0 Å². The Morgan fingerprint density at radius 3 is 2.60 bits per heavy atom. The molecule has 0 spiro atoms. The van der Waals surface area contributed by atoms with Crippen LogP contribution < -0.4 is 16.0 Å². The fraction of sp³-hybridized carbons (Fsp3) is 0.409. The first-order valence-electron chi connectivity index (χ1n) is 9.93. The summed E-state index contributed by atoms with van der Waals surface area (Å²) >= 11 is 0. The van der Waals surface area contributed by atoms with Crippen LogP contribution in [-0.4, -0.2) is 54.4 Å². The standard InChI is InChI=1S/C22H29N5O2.ClH/c1-15-9-16(2)22(17(3)10-15)26-20(28)13-25-21(29)14-27-8-7-24-12-19(27)18-5-4-6-23-11-18;/h4-6,9-11,19,24H,7-8,12-14H2,1-3H3,(H,25,29)(H,26,28);1H. The van der Waals surface area contributed by atoms with Crippen molar-refractivity contribution in [1.82, 2.24) is 20.5 Å². The Balaban J connectivity index is 0.00000320. The average Bonchev–Trinajstić information content (AvgIpc) is 2.70. The average molecular weight is 432 g/mol. The summed E-state index contributed by atoms with van der Waals surface area (Å²) in [7, 11) is 0. The Morgan fingerprint density at radius 1 is 1.20 bits per heavy atom. The van der Waals surface area contributed by atoms with Crippen molar-refractivity contribution in [3.8, 4) is 0 Å². The lowest BCUT2D eigenvalue weighted by Crippen LogP contribution is -2.50. The van der Waals surface area contributed by atoms with Gasteiger partial charge in [-0.3, -0.25) is 19.5 Å². The van der Waals surface area contributed by atoms with Crippen LogP contribution in [-0.2, 0) is 9.59 Å². The van der Waals surface area contributed by atoms with Gasteiger partial charge in [-0.2, -0.15) is 0 Å². The number of anilines is 1. The summed E-state index contributed by atoms with van der Waals surface area (Å²) in [5.74, 6) is -0.384. The van der Waals surface area contributed by atoms with Crippen molar-refractivity contribution >= 4 is 29.9 Å². The van der Waals surface area contributed by atoms with Crippen LogP contribution in [0.4, 0.5) is 5.69 Å². The molecule has 3 N–H and O–H groups in total. The Labute approximate surface area is 184 Å². The van der Waals surface area contributed by atoms with Gasteiger partial charge in [-0.1, -0.05) is 23.8 Å². The molecule has 1 aliphatic rings. The van der Waals surface area contributed by atoms with Crippen LogP contribution in [0.2, 0.25) is 0 Å². The molecule has 3 rings (SSSR count). The van der Waals surface area contributed by atoms with E-state index >= 15 is 0 Å². The molecule has 0 radical (unpaired) electrons. The summed E-state index contributed by atoms with van der Waals surface area (Å²) in [6.07, 6.45) is 3.58. The second-order valence-corrected chi connectivity index (χ2v) is 7.58. The van der Waals surface area contributed by atoms with E-state index in [1.807, 2.05) is 51.2 Å². The number of aromatic nitrogens is 1. The van der Waals surface area contributed by atoms with E-state index in [0.29, 0.717) is 0 Å². The molecule has 1 unspecified atom stereocenters. The van der Waals surface area contributed by atoms with E-state index in [0.717, 1.165) is 47.6 Å². The minimum atomic E-state index is -0.225. The molecule has 0 saturated carbocycles. The van der Waals surface area contributed by atoms with Gasteiger partial charge in [-0.05, 0) is 43.5 Å². The largest absolute Gasteiger partial charge is 0.346 e. The third-order valence-electron chi connectivity index (χ3n) is 5.16. The van der Waals surface area contributed by atoms with Gasteiger partial charge in [0.05, 0.1) is 13.1 Å². The van der Waals surface area contributed by atoms with Crippen molar-refractivity contribution in [3.63, 3.8) is 0 Å². The molecule has 30 heavy (non-hydrogen) atoms. The minimum Gasteiger partial charge on any atom is -0.346 e. The predicted octanol–water partition coefficient (Wildman–Crippen LogP) is 2.13. The zero-order valence-corrected chi connectivity index (χ0v) is 18.5. The molecule has 162 valence electrons. The number of hydrogen-bond donors (Lipinski definition) is 3. The van der Waals surface area contributed by atoms with Crippen molar-refractivity contribution < 1.29 is 9.59 Å². The number of aryl methyl sites for hydroxylation is 3. The van der Waals surface area contributed by atoms with Gasteiger partial charge in [0.1, 0.15) is 0 Å². The molecule has 1 aromatic carbocycles. The summed E-state index contributed by atoms with van der Waals surface area (Å²) in [6.45, 7) is 8.53. The van der Waals surface area contributed by atoms with E-state index in [4.69, 9.17) is 0 Å². The number of pyridine rings is 1. The van der Waals surface area contributed by atoms with Crippen LogP contribution in [0.5, 0.6) is 0 Å². The van der Waals surface area contributed by atoms with E-state index in [1.54, 1.807) is 6.20 Å². The van der Waals surface area contributed by atoms with Gasteiger partial charge in [0.2, 0.25) is 11.8 Å². The number of piperazine rings is 1. The smallest absolute Gasteiger partial charge is 0.243 e. The molecule has 1 saturated heterocycles. The van der Waals surface area contributed by atoms with Gasteiger partial charge >= 0.3 is 0 Å². The van der Waals surface area contributed by atoms with E-state index in [2.05, 4.69) is 25.8 Å². The fourth-order valence-corrected chi connectivity index (χ4v) is 3.82. The van der Waals surface area contributed by atoms with Crippen LogP contribution in [0, 0.1) is 20.8 Å². The number of hydrogen-bond acceptors (Lipinski definition) is 5. The van der Waals surface area contributed by atoms with Gasteiger partial charge < -0.3 is 16.0 Å². The Morgan fingerprint density at radius 2 is 1.93 bits per heavy atom. The first kappa shape index (κ1) is 23.8. The summed E-state index contributed by atoms with van der Waals surface area (Å²) in [6, 6.07) is 8.08. The topological polar surface area (TPSA) is 86.4 Å². The number of nitrogens with one attached hydrogen (secondary N) is 3. The van der Waals surface area contributed by atoms with Gasteiger partial charge in [0, 0.05) is 43.8 Å². The number of rotatable bonds is 6. The van der Waals surface area contributed by atoms with Crippen molar-refractivity contribution in [2.24, 2.45) is 0 Å². The quantitative estimate of drug-likeness (QED) is 0.652. The highest BCUT2D eigenvalue weighted by Crippen LogP contribution is 2.22. The summed E-state index contributed by atoms with van der Waals surface area (Å²) in [5.41, 5.74) is 5.08. The fourth-order valence-electron chi connectivity index (χ4n) is 3.82. The van der Waals surface area contributed by atoms with Crippen LogP contribution >= 0.6 is 12.4 Å². The lowest BCUT2D eigenvalue weighted by molar-refractivity contribution is -0.125. The Hall–Kier alpha value is -2.48. The second-order valence-electron chi connectivity index (χ2n) is 7.58. The molecule has 1 aliphatic heterocycles. The first-order chi connectivity index (χ1) is 13.9. The third kappa shape index (κ3) is 6.26. The SMILES string of the molecule is Cc1cc(C)c(NC(=O)CNC(=O)CN2CCNCC2c2cccnc2)c(C)c1.Cl. The second kappa shape index (κ2) is 11.1. The van der Waals surface area contributed by atoms with Gasteiger partial charge in [0.15, 0.2) is 0 Å². The highest BCUT2D eigenvalue weighted by molar-refractivity contribution is 5.96. The molecule has 1 fully saturated rings. The molecular formula is C22H30ClN5O2. The Kier molecular flexibility index (Phi) is 8.77. The molecule has 1 aromatic heterocycles. The molecule has 1 atom stereocenters. The number of amides is 2. The molecule has 0 bridgehead atoms. The number of carbonyl (C=O) groups excluding carboxylic acids is 2. The van der Waals surface area contributed by atoms with Crippen molar-refractivity contribution in [3.05, 3.63) is 58.9 Å². The maximum Gasteiger partial charge on any atom is 0.243 e. The number of carbonyl (C=O) groups is 2. The highest BCUT2D eigenvalue weighted by atomic mass is 35.5. The summed E-state index contributed by atoms with van der Waals surface area (Å²) in [4.78, 5) is 31.1. The van der Waals surface area contributed by atoms with Crippen molar-refractivity contribution in [2.45, 2.75) is 26.8 Å². The normalized spacial score (nSPS) is 16.4. The maximum absolute atomic E-state index is 12.5. The van der Waals surface area contributed by atoms with Crippen molar-refractivity contribution in [1.29, 1.82) is 0 Å². The van der Waals surface area contributed by atoms with E-state index in [9.17, 15) is 9.59 Å². The summed E-state index contributed by atoms with van der Waals surface area (Å²) in [5, 5.41) is 9.02. The molecular weight excluding hydrogens is 402 g/mol. The monoisotopic (exact) mass is 431 g/mol. The minimum absolute atomic E-state index is 0. The van der Waals surface area contributed by atoms with Gasteiger partial charge in [-0.15, -0.1) is 12.4 Å². The Bertz CT molecular complexity index is 852. The third-order valence-corrected chi connectivity index (χ3v) is 5.16. The number of benzene rings is 1. The molecule has 8 heteroatoms. The number of halogens is 1. The lowest BCUT2D eigenvalue weighted by atomic mass is 10.1. The van der Waals surface area contributed by atoms with Gasteiger partial charge in [-0.25, -0.2) is 0 Å². The zero-order valence-electron chi connectivity index (χ0n) is 17.7. The number of nitrogens with zero attached hydrogens (tertiary/aromatic N) is 2. The molecule has 0 aliphatic carbocycles. The van der Waals surface area contributed by atoms with Crippen LogP contribution in [0.15, 0.2) is 36.7 Å². The lowest BCUT2D eigenvalue weighted by Gasteiger charge is -2.35. The first-order valence-corrected chi connectivity index (χ1v) is 9.93.